The first-order chi connectivity index (χ1) is 8.69. The van der Waals surface area contributed by atoms with Crippen LogP contribution in [0.2, 0.25) is 5.22 Å². The summed E-state index contributed by atoms with van der Waals surface area (Å²) in [4.78, 5) is 0. The third kappa shape index (κ3) is 2.23. The van der Waals surface area contributed by atoms with Crippen molar-refractivity contribution in [1.82, 2.24) is 15.1 Å². The van der Waals surface area contributed by atoms with Gasteiger partial charge in [0.05, 0.1) is 25.6 Å². The van der Waals surface area contributed by atoms with Gasteiger partial charge in [0.25, 0.3) is 0 Å². The lowest BCUT2D eigenvalue weighted by Crippen LogP contribution is -2.24. The molecule has 0 aliphatic heterocycles. The topological polar surface area (TPSA) is 52.2 Å². The van der Waals surface area contributed by atoms with Crippen LogP contribution in [0.1, 0.15) is 24.2 Å². The van der Waals surface area contributed by atoms with E-state index in [-0.39, 0.29) is 6.04 Å². The highest BCUT2D eigenvalue weighted by Crippen LogP contribution is 2.33. The van der Waals surface area contributed by atoms with Crippen molar-refractivity contribution >= 4 is 11.6 Å². The van der Waals surface area contributed by atoms with E-state index in [1.54, 1.807) is 24.3 Å². The first-order valence-corrected chi connectivity index (χ1v) is 6.09. The SMILES string of the molecule is CCNC(c1ccoc1Cl)c1c(OC)cnn1C. The Bertz CT molecular complexity index is 521. The van der Waals surface area contributed by atoms with Gasteiger partial charge in [-0.2, -0.15) is 5.10 Å². The van der Waals surface area contributed by atoms with Crippen LogP contribution in [0.15, 0.2) is 22.9 Å². The monoisotopic (exact) mass is 269 g/mol. The zero-order chi connectivity index (χ0) is 13.1. The molecule has 18 heavy (non-hydrogen) atoms. The molecule has 5 nitrogen and oxygen atoms in total. The smallest absolute Gasteiger partial charge is 0.198 e. The number of halogens is 1. The number of hydrogen-bond acceptors (Lipinski definition) is 4. The van der Waals surface area contributed by atoms with Crippen LogP contribution in [0, 0.1) is 0 Å². The summed E-state index contributed by atoms with van der Waals surface area (Å²) in [7, 11) is 3.50. The summed E-state index contributed by atoms with van der Waals surface area (Å²) < 4.78 is 12.3. The first kappa shape index (κ1) is 13.0. The maximum atomic E-state index is 6.06. The molecule has 0 amide bonds. The van der Waals surface area contributed by atoms with Crippen molar-refractivity contribution in [1.29, 1.82) is 0 Å². The molecule has 2 heterocycles. The maximum absolute atomic E-state index is 6.06. The van der Waals surface area contributed by atoms with Crippen LogP contribution in [-0.4, -0.2) is 23.4 Å². The molecule has 2 aromatic rings. The van der Waals surface area contributed by atoms with Crippen molar-refractivity contribution in [3.63, 3.8) is 0 Å². The van der Waals surface area contributed by atoms with E-state index in [9.17, 15) is 0 Å². The van der Waals surface area contributed by atoms with Crippen molar-refractivity contribution in [3.8, 4) is 5.75 Å². The highest BCUT2D eigenvalue weighted by molar-refractivity contribution is 6.29. The van der Waals surface area contributed by atoms with Gasteiger partial charge < -0.3 is 14.5 Å². The lowest BCUT2D eigenvalue weighted by molar-refractivity contribution is 0.401. The van der Waals surface area contributed by atoms with Gasteiger partial charge in [0.15, 0.2) is 11.0 Å². The van der Waals surface area contributed by atoms with Crippen LogP contribution in [0.25, 0.3) is 0 Å². The molecule has 0 spiro atoms. The van der Waals surface area contributed by atoms with Gasteiger partial charge in [0.1, 0.15) is 5.69 Å². The van der Waals surface area contributed by atoms with Gasteiger partial charge in [-0.25, -0.2) is 0 Å². The second-order valence-electron chi connectivity index (χ2n) is 3.86. The molecule has 0 aromatic carbocycles. The third-order valence-corrected chi connectivity index (χ3v) is 3.12. The lowest BCUT2D eigenvalue weighted by Gasteiger charge is -2.18. The highest BCUT2D eigenvalue weighted by Gasteiger charge is 2.25. The Labute approximate surface area is 111 Å². The van der Waals surface area contributed by atoms with E-state index in [2.05, 4.69) is 10.4 Å². The Morgan fingerprint density at radius 1 is 1.61 bits per heavy atom. The fourth-order valence-electron chi connectivity index (χ4n) is 1.98. The predicted octanol–water partition coefficient (Wildman–Crippen LogP) is 2.37. The zero-order valence-electron chi connectivity index (χ0n) is 10.6. The number of methoxy groups -OCH3 is 1. The minimum absolute atomic E-state index is 0.108. The molecule has 0 aliphatic carbocycles. The Hall–Kier alpha value is -1.46. The summed E-state index contributed by atoms with van der Waals surface area (Å²) >= 11 is 6.06. The molecule has 98 valence electrons. The molecule has 0 saturated carbocycles. The van der Waals surface area contributed by atoms with E-state index >= 15 is 0 Å². The van der Waals surface area contributed by atoms with Gasteiger partial charge in [0.2, 0.25) is 0 Å². The molecule has 1 atom stereocenters. The molecule has 2 rings (SSSR count). The molecular weight excluding hydrogens is 254 g/mol. The quantitative estimate of drug-likeness (QED) is 0.905. The van der Waals surface area contributed by atoms with E-state index in [1.165, 1.54) is 0 Å². The Kier molecular flexibility index (Phi) is 3.93. The van der Waals surface area contributed by atoms with E-state index in [4.69, 9.17) is 20.8 Å². The number of rotatable bonds is 5. The molecular formula is C12H16ClN3O2. The zero-order valence-corrected chi connectivity index (χ0v) is 11.4. The molecule has 0 aliphatic rings. The molecule has 0 fully saturated rings. The van der Waals surface area contributed by atoms with Crippen LogP contribution in [-0.2, 0) is 7.05 Å². The fraction of sp³-hybridized carbons (Fsp3) is 0.417. The van der Waals surface area contributed by atoms with E-state index in [0.717, 1.165) is 23.6 Å². The molecule has 1 unspecified atom stereocenters. The average Bonchev–Trinajstić information content (AvgIpc) is 2.93. The van der Waals surface area contributed by atoms with Gasteiger partial charge in [-0.15, -0.1) is 0 Å². The number of aromatic nitrogens is 2. The highest BCUT2D eigenvalue weighted by atomic mass is 35.5. The van der Waals surface area contributed by atoms with Crippen molar-refractivity contribution < 1.29 is 9.15 Å². The molecule has 2 aromatic heterocycles. The summed E-state index contributed by atoms with van der Waals surface area (Å²) in [5.74, 6) is 0.723. The summed E-state index contributed by atoms with van der Waals surface area (Å²) in [5, 5.41) is 7.95. The third-order valence-electron chi connectivity index (χ3n) is 2.81. The minimum Gasteiger partial charge on any atom is -0.493 e. The number of ether oxygens (including phenoxy) is 1. The van der Waals surface area contributed by atoms with Gasteiger partial charge in [-0.05, 0) is 24.2 Å². The van der Waals surface area contributed by atoms with Gasteiger partial charge in [-0.1, -0.05) is 6.92 Å². The molecule has 1 N–H and O–H groups in total. The van der Waals surface area contributed by atoms with E-state index in [0.29, 0.717) is 5.22 Å². The first-order valence-electron chi connectivity index (χ1n) is 5.71. The van der Waals surface area contributed by atoms with Crippen molar-refractivity contribution in [2.75, 3.05) is 13.7 Å². The van der Waals surface area contributed by atoms with Crippen LogP contribution < -0.4 is 10.1 Å². The van der Waals surface area contributed by atoms with E-state index < -0.39 is 0 Å². The summed E-state index contributed by atoms with van der Waals surface area (Å²) in [6.45, 7) is 2.82. The predicted molar refractivity (Wildman–Crippen MR) is 69.0 cm³/mol. The normalized spacial score (nSPS) is 12.7. The molecule has 0 saturated heterocycles. The number of furan rings is 1. The van der Waals surface area contributed by atoms with Crippen LogP contribution in [0.4, 0.5) is 0 Å². The van der Waals surface area contributed by atoms with Crippen molar-refractivity contribution in [2.45, 2.75) is 13.0 Å². The van der Waals surface area contributed by atoms with Crippen LogP contribution in [0.3, 0.4) is 0 Å². The average molecular weight is 270 g/mol. The van der Waals surface area contributed by atoms with Gasteiger partial charge in [-0.3, -0.25) is 4.68 Å². The van der Waals surface area contributed by atoms with E-state index in [1.807, 2.05) is 20.0 Å². The standard InChI is InChI=1S/C12H16ClN3O2/c1-4-14-10(8-5-6-18-12(8)13)11-9(17-3)7-15-16(11)2/h5-7,10,14H,4H2,1-3H3. The number of nitrogens with zero attached hydrogens (tertiary/aromatic N) is 2. The molecule has 0 bridgehead atoms. The van der Waals surface area contributed by atoms with Gasteiger partial charge in [0, 0.05) is 12.6 Å². The van der Waals surface area contributed by atoms with Crippen LogP contribution >= 0.6 is 11.6 Å². The van der Waals surface area contributed by atoms with Crippen LogP contribution in [0.5, 0.6) is 5.75 Å². The minimum atomic E-state index is -0.108. The number of hydrogen-bond donors (Lipinski definition) is 1. The fourth-order valence-corrected chi connectivity index (χ4v) is 2.21. The Balaban J connectivity index is 2.47. The van der Waals surface area contributed by atoms with Crippen molar-refractivity contribution in [3.05, 3.63) is 35.0 Å². The number of aryl methyl sites for hydroxylation is 1. The van der Waals surface area contributed by atoms with Crippen molar-refractivity contribution in [2.24, 2.45) is 7.05 Å². The Morgan fingerprint density at radius 3 is 2.94 bits per heavy atom. The molecule has 6 heteroatoms. The number of nitrogens with one attached hydrogen (secondary N) is 1. The summed E-state index contributed by atoms with van der Waals surface area (Å²) in [6, 6.07) is 1.74. The largest absolute Gasteiger partial charge is 0.493 e. The lowest BCUT2D eigenvalue weighted by atomic mass is 10.1. The maximum Gasteiger partial charge on any atom is 0.198 e. The summed E-state index contributed by atoms with van der Waals surface area (Å²) in [6.07, 6.45) is 3.26. The Morgan fingerprint density at radius 2 is 2.39 bits per heavy atom. The second kappa shape index (κ2) is 5.46. The second-order valence-corrected chi connectivity index (χ2v) is 4.21. The van der Waals surface area contributed by atoms with Gasteiger partial charge >= 0.3 is 0 Å². The molecule has 0 radical (unpaired) electrons. The summed E-state index contributed by atoms with van der Waals surface area (Å²) in [5.41, 5.74) is 1.79.